The lowest BCUT2D eigenvalue weighted by atomic mass is 10.1. The van der Waals surface area contributed by atoms with Gasteiger partial charge in [-0.3, -0.25) is 4.79 Å². The van der Waals surface area contributed by atoms with Gasteiger partial charge in [0.1, 0.15) is 5.75 Å². The standard InChI is InChI=1S/C19H20N4O2S/c1-13-8-9-17(14(2)12-13)23-19(20-21-22-23)26-11-10-25-18-7-5-4-6-16(18)15(3)24/h4-9,12H,10-11H2,1-3H3. The van der Waals surface area contributed by atoms with Gasteiger partial charge in [0.25, 0.3) is 0 Å². The summed E-state index contributed by atoms with van der Waals surface area (Å²) in [5.41, 5.74) is 3.88. The summed E-state index contributed by atoms with van der Waals surface area (Å²) < 4.78 is 7.50. The van der Waals surface area contributed by atoms with E-state index < -0.39 is 0 Å². The summed E-state index contributed by atoms with van der Waals surface area (Å²) in [6.07, 6.45) is 0. The summed E-state index contributed by atoms with van der Waals surface area (Å²) in [7, 11) is 0. The average Bonchev–Trinajstić information content (AvgIpc) is 3.07. The molecule has 0 amide bonds. The highest BCUT2D eigenvalue weighted by Gasteiger charge is 2.12. The maximum absolute atomic E-state index is 11.6. The Bertz CT molecular complexity index is 923. The fraction of sp³-hybridized carbons (Fsp3) is 0.263. The average molecular weight is 368 g/mol. The third kappa shape index (κ3) is 4.11. The van der Waals surface area contributed by atoms with Crippen molar-refractivity contribution in [3.8, 4) is 11.4 Å². The van der Waals surface area contributed by atoms with Crippen molar-refractivity contribution in [1.82, 2.24) is 20.2 Å². The van der Waals surface area contributed by atoms with Gasteiger partial charge in [-0.2, -0.15) is 4.68 Å². The Morgan fingerprint density at radius 1 is 1.19 bits per heavy atom. The normalized spacial score (nSPS) is 10.7. The molecule has 1 aromatic heterocycles. The minimum atomic E-state index is -0.00737. The summed E-state index contributed by atoms with van der Waals surface area (Å²) in [4.78, 5) is 11.6. The molecule has 7 heteroatoms. The van der Waals surface area contributed by atoms with Gasteiger partial charge in [0.15, 0.2) is 5.78 Å². The second kappa shape index (κ2) is 8.14. The second-order valence-electron chi connectivity index (χ2n) is 5.91. The van der Waals surface area contributed by atoms with Crippen LogP contribution in [-0.4, -0.2) is 38.4 Å². The van der Waals surface area contributed by atoms with Crippen molar-refractivity contribution in [2.45, 2.75) is 25.9 Å². The highest BCUT2D eigenvalue weighted by Crippen LogP contribution is 2.22. The molecule has 0 aliphatic heterocycles. The van der Waals surface area contributed by atoms with E-state index in [-0.39, 0.29) is 5.78 Å². The number of ketones is 1. The quantitative estimate of drug-likeness (QED) is 0.360. The van der Waals surface area contributed by atoms with Gasteiger partial charge < -0.3 is 4.74 Å². The number of tetrazole rings is 1. The molecule has 0 aliphatic carbocycles. The van der Waals surface area contributed by atoms with Crippen LogP contribution in [0.3, 0.4) is 0 Å². The lowest BCUT2D eigenvalue weighted by molar-refractivity contribution is 0.101. The van der Waals surface area contributed by atoms with Crippen LogP contribution in [-0.2, 0) is 0 Å². The smallest absolute Gasteiger partial charge is 0.214 e. The first-order chi connectivity index (χ1) is 12.6. The number of aryl methyl sites for hydroxylation is 2. The molecule has 3 rings (SSSR count). The molecule has 0 atom stereocenters. The second-order valence-corrected chi connectivity index (χ2v) is 6.97. The fourth-order valence-electron chi connectivity index (χ4n) is 2.63. The summed E-state index contributed by atoms with van der Waals surface area (Å²) in [6, 6.07) is 13.4. The van der Waals surface area contributed by atoms with Crippen LogP contribution < -0.4 is 4.74 Å². The lowest BCUT2D eigenvalue weighted by Crippen LogP contribution is -2.06. The zero-order chi connectivity index (χ0) is 18.5. The van der Waals surface area contributed by atoms with Crippen molar-refractivity contribution in [1.29, 1.82) is 0 Å². The topological polar surface area (TPSA) is 69.9 Å². The highest BCUT2D eigenvalue weighted by molar-refractivity contribution is 7.99. The zero-order valence-corrected chi connectivity index (χ0v) is 15.8. The van der Waals surface area contributed by atoms with Crippen LogP contribution in [0.1, 0.15) is 28.4 Å². The molecule has 3 aromatic rings. The maximum Gasteiger partial charge on any atom is 0.214 e. The van der Waals surface area contributed by atoms with E-state index in [1.54, 1.807) is 16.8 Å². The Labute approximate surface area is 156 Å². The van der Waals surface area contributed by atoms with Crippen LogP contribution in [0, 0.1) is 13.8 Å². The third-order valence-corrected chi connectivity index (χ3v) is 4.74. The number of para-hydroxylation sites is 1. The molecule has 0 radical (unpaired) electrons. The van der Waals surface area contributed by atoms with Crippen molar-refractivity contribution in [3.05, 3.63) is 59.2 Å². The summed E-state index contributed by atoms with van der Waals surface area (Å²) in [5, 5.41) is 12.7. The molecule has 134 valence electrons. The molecule has 0 saturated carbocycles. The number of benzene rings is 2. The number of hydrogen-bond acceptors (Lipinski definition) is 6. The monoisotopic (exact) mass is 368 g/mol. The van der Waals surface area contributed by atoms with Crippen molar-refractivity contribution in [3.63, 3.8) is 0 Å². The predicted molar refractivity (Wildman–Crippen MR) is 101 cm³/mol. The number of ether oxygens (including phenoxy) is 1. The molecule has 2 aromatic carbocycles. The number of Topliss-reactive ketones (excluding diaryl/α,β-unsaturated/α-hetero) is 1. The Morgan fingerprint density at radius 3 is 2.77 bits per heavy atom. The molecule has 1 heterocycles. The van der Waals surface area contributed by atoms with Gasteiger partial charge >= 0.3 is 0 Å². The van der Waals surface area contributed by atoms with Gasteiger partial charge in [0, 0.05) is 5.75 Å². The summed E-state index contributed by atoms with van der Waals surface area (Å²) in [6.45, 7) is 6.09. The Hall–Kier alpha value is -2.67. The minimum absolute atomic E-state index is 0.00737. The van der Waals surface area contributed by atoms with Crippen molar-refractivity contribution in [2.24, 2.45) is 0 Å². The predicted octanol–water partition coefficient (Wildman–Crippen LogP) is 3.65. The third-order valence-electron chi connectivity index (χ3n) is 3.86. The molecular weight excluding hydrogens is 348 g/mol. The number of hydrogen-bond donors (Lipinski definition) is 0. The lowest BCUT2D eigenvalue weighted by Gasteiger charge is -2.10. The molecule has 6 nitrogen and oxygen atoms in total. The first-order valence-corrected chi connectivity index (χ1v) is 9.26. The zero-order valence-electron chi connectivity index (χ0n) is 15.0. The van der Waals surface area contributed by atoms with E-state index in [1.165, 1.54) is 24.2 Å². The van der Waals surface area contributed by atoms with E-state index in [0.717, 1.165) is 11.3 Å². The van der Waals surface area contributed by atoms with E-state index in [0.29, 0.717) is 28.8 Å². The van der Waals surface area contributed by atoms with E-state index in [9.17, 15) is 4.79 Å². The van der Waals surface area contributed by atoms with Gasteiger partial charge in [-0.05, 0) is 55.0 Å². The van der Waals surface area contributed by atoms with E-state index in [4.69, 9.17) is 4.74 Å². The highest BCUT2D eigenvalue weighted by atomic mass is 32.2. The van der Waals surface area contributed by atoms with Gasteiger partial charge in [-0.15, -0.1) is 5.10 Å². The Morgan fingerprint density at radius 2 is 2.00 bits per heavy atom. The number of aromatic nitrogens is 4. The molecule has 0 spiro atoms. The van der Waals surface area contributed by atoms with Crippen molar-refractivity contribution in [2.75, 3.05) is 12.4 Å². The number of nitrogens with zero attached hydrogens (tertiary/aromatic N) is 4. The minimum Gasteiger partial charge on any atom is -0.492 e. The molecule has 0 saturated heterocycles. The maximum atomic E-state index is 11.6. The molecule has 0 N–H and O–H groups in total. The number of rotatable bonds is 7. The van der Waals surface area contributed by atoms with E-state index in [2.05, 4.69) is 28.5 Å². The van der Waals surface area contributed by atoms with E-state index in [1.807, 2.05) is 31.2 Å². The molecule has 26 heavy (non-hydrogen) atoms. The van der Waals surface area contributed by atoms with Crippen LogP contribution in [0.25, 0.3) is 5.69 Å². The van der Waals surface area contributed by atoms with Crippen molar-refractivity contribution < 1.29 is 9.53 Å². The van der Waals surface area contributed by atoms with Crippen molar-refractivity contribution >= 4 is 17.5 Å². The Balaban J connectivity index is 1.64. The van der Waals surface area contributed by atoms with Gasteiger partial charge in [0.05, 0.1) is 17.9 Å². The van der Waals surface area contributed by atoms with Gasteiger partial charge in [0.2, 0.25) is 5.16 Å². The summed E-state index contributed by atoms with van der Waals surface area (Å²) >= 11 is 1.51. The van der Waals surface area contributed by atoms with Crippen LogP contribution in [0.15, 0.2) is 47.6 Å². The molecular formula is C19H20N4O2S. The van der Waals surface area contributed by atoms with Crippen LogP contribution in [0.4, 0.5) is 0 Å². The van der Waals surface area contributed by atoms with Crippen LogP contribution in [0.2, 0.25) is 0 Å². The molecule has 0 unspecified atom stereocenters. The molecule has 0 bridgehead atoms. The van der Waals surface area contributed by atoms with E-state index >= 15 is 0 Å². The van der Waals surface area contributed by atoms with Crippen LogP contribution >= 0.6 is 11.8 Å². The molecule has 0 aliphatic rings. The molecule has 0 fully saturated rings. The number of thioether (sulfide) groups is 1. The number of carbonyl (C=O) groups excluding carboxylic acids is 1. The first kappa shape index (κ1) is 18.1. The first-order valence-electron chi connectivity index (χ1n) is 8.28. The largest absolute Gasteiger partial charge is 0.492 e. The van der Waals surface area contributed by atoms with Gasteiger partial charge in [-0.25, -0.2) is 0 Å². The fourth-order valence-corrected chi connectivity index (χ4v) is 3.33. The number of carbonyl (C=O) groups is 1. The SMILES string of the molecule is CC(=O)c1ccccc1OCCSc1nnnn1-c1ccc(C)cc1C. The Kier molecular flexibility index (Phi) is 5.68. The van der Waals surface area contributed by atoms with Gasteiger partial charge in [-0.1, -0.05) is 41.6 Å². The summed E-state index contributed by atoms with van der Waals surface area (Å²) in [5.74, 6) is 1.26. The van der Waals surface area contributed by atoms with Crippen LogP contribution in [0.5, 0.6) is 5.75 Å².